The zero-order valence-electron chi connectivity index (χ0n) is 23.7. The van der Waals surface area contributed by atoms with Gasteiger partial charge in [0.05, 0.1) is 25.7 Å². The van der Waals surface area contributed by atoms with Crippen molar-refractivity contribution in [1.82, 2.24) is 4.90 Å². The van der Waals surface area contributed by atoms with Crippen LogP contribution in [0.25, 0.3) is 0 Å². The number of phosphoric ester groups is 1. The van der Waals surface area contributed by atoms with Gasteiger partial charge >= 0.3 is 13.8 Å². The van der Waals surface area contributed by atoms with Gasteiger partial charge in [-0.25, -0.2) is 4.57 Å². The second-order valence-electron chi connectivity index (χ2n) is 9.92. The first-order chi connectivity index (χ1) is 17.7. The van der Waals surface area contributed by atoms with Crippen molar-refractivity contribution >= 4 is 25.6 Å². The van der Waals surface area contributed by atoms with E-state index in [1.165, 1.54) is 84.0 Å². The number of esters is 1. The minimum atomic E-state index is -4.28. The van der Waals surface area contributed by atoms with E-state index in [0.717, 1.165) is 29.3 Å². The van der Waals surface area contributed by atoms with Crippen molar-refractivity contribution < 1.29 is 32.8 Å². The number of hydrogen-bond donors (Lipinski definition) is 1. The number of rotatable bonds is 24. The summed E-state index contributed by atoms with van der Waals surface area (Å²) >= 11 is 1.56. The lowest BCUT2D eigenvalue weighted by atomic mass is 10.0. The summed E-state index contributed by atoms with van der Waals surface area (Å²) in [6, 6.07) is 0. The molecule has 218 valence electrons. The van der Waals surface area contributed by atoms with Crippen LogP contribution < -0.4 is 0 Å². The maximum absolute atomic E-state index is 12.3. The molecule has 0 spiro atoms. The summed E-state index contributed by atoms with van der Waals surface area (Å²) in [6.45, 7) is 5.90. The van der Waals surface area contributed by atoms with Crippen molar-refractivity contribution in [2.45, 2.75) is 117 Å². The molecule has 1 heterocycles. The van der Waals surface area contributed by atoms with Gasteiger partial charge in [0.2, 0.25) is 0 Å². The highest BCUT2D eigenvalue weighted by Crippen LogP contribution is 2.45. The summed E-state index contributed by atoms with van der Waals surface area (Å²) < 4.78 is 33.3. The second kappa shape index (κ2) is 21.3. The second-order valence-corrected chi connectivity index (χ2v) is 12.4. The van der Waals surface area contributed by atoms with Crippen molar-refractivity contribution in [3.05, 3.63) is 10.6 Å². The van der Waals surface area contributed by atoms with Gasteiger partial charge in [0.1, 0.15) is 6.10 Å². The molecule has 8 nitrogen and oxygen atoms in total. The normalized spacial score (nSPS) is 16.3. The average molecular weight is 566 g/mol. The van der Waals surface area contributed by atoms with Crippen LogP contribution in [-0.4, -0.2) is 61.2 Å². The first-order valence-corrected chi connectivity index (χ1v) is 16.6. The Morgan fingerprint density at radius 1 is 0.946 bits per heavy atom. The molecular weight excluding hydrogens is 513 g/mol. The number of nitrogens with zero attached hydrogens (tertiary/aromatic N) is 1. The molecule has 0 aromatic rings. The van der Waals surface area contributed by atoms with E-state index < -0.39 is 19.9 Å². The predicted octanol–water partition coefficient (Wildman–Crippen LogP) is 7.42. The molecule has 0 aliphatic carbocycles. The molecule has 1 rings (SSSR count). The molecule has 1 N–H and O–H groups in total. The van der Waals surface area contributed by atoms with E-state index in [0.29, 0.717) is 6.61 Å². The standard InChI is InChI=1S/C27H52NO7PS/c1-5-6-7-8-9-10-11-12-13-14-15-16-17-18-19-32-20-26(35-25(3)29)21-33-36(30,31)34-22-27-24(2)28(4)23-37-27/h26H,5-23H2,1-4H3,(H,30,31). The largest absolute Gasteiger partial charge is 0.472 e. The Morgan fingerprint density at radius 3 is 1.97 bits per heavy atom. The molecule has 1 aliphatic rings. The average Bonchev–Trinajstić information content (AvgIpc) is 3.17. The lowest BCUT2D eigenvalue weighted by Crippen LogP contribution is -2.27. The summed E-state index contributed by atoms with van der Waals surface area (Å²) in [5, 5.41) is 0. The maximum Gasteiger partial charge on any atom is 0.472 e. The van der Waals surface area contributed by atoms with Crippen LogP contribution in [-0.2, 0) is 27.9 Å². The molecule has 0 fully saturated rings. The third-order valence-corrected chi connectivity index (χ3v) is 8.68. The monoisotopic (exact) mass is 565 g/mol. The first-order valence-electron chi connectivity index (χ1n) is 14.2. The molecule has 0 amide bonds. The van der Waals surface area contributed by atoms with Gasteiger partial charge in [0.15, 0.2) is 0 Å². The van der Waals surface area contributed by atoms with Gasteiger partial charge in [0.25, 0.3) is 0 Å². The van der Waals surface area contributed by atoms with Crippen LogP contribution in [0, 0.1) is 0 Å². The number of hydrogen-bond acceptors (Lipinski definition) is 8. The smallest absolute Gasteiger partial charge is 0.458 e. The summed E-state index contributed by atoms with van der Waals surface area (Å²) in [5.41, 5.74) is 1.01. The highest BCUT2D eigenvalue weighted by molar-refractivity contribution is 8.03. The predicted molar refractivity (Wildman–Crippen MR) is 151 cm³/mol. The fraction of sp³-hybridized carbons (Fsp3) is 0.889. The van der Waals surface area contributed by atoms with Gasteiger partial charge in [-0.2, -0.15) is 0 Å². The first kappa shape index (κ1) is 34.5. The van der Waals surface area contributed by atoms with Crippen molar-refractivity contribution in [2.75, 3.05) is 39.4 Å². The molecule has 2 unspecified atom stereocenters. The Bertz CT molecular complexity index is 692. The lowest BCUT2D eigenvalue weighted by molar-refractivity contribution is -0.151. The van der Waals surface area contributed by atoms with Gasteiger partial charge in [-0.05, 0) is 13.3 Å². The van der Waals surface area contributed by atoms with Crippen LogP contribution in [0.2, 0.25) is 0 Å². The topological polar surface area (TPSA) is 94.5 Å². The molecule has 2 atom stereocenters. The highest BCUT2D eigenvalue weighted by Gasteiger charge is 2.27. The fourth-order valence-electron chi connectivity index (χ4n) is 4.05. The maximum atomic E-state index is 12.3. The highest BCUT2D eigenvalue weighted by atomic mass is 32.2. The molecule has 10 heteroatoms. The van der Waals surface area contributed by atoms with Gasteiger partial charge < -0.3 is 19.3 Å². The number of carbonyl (C=O) groups is 1. The molecular formula is C27H52NO7PS. The van der Waals surface area contributed by atoms with Crippen molar-refractivity contribution in [3.8, 4) is 0 Å². The Kier molecular flexibility index (Phi) is 19.8. The van der Waals surface area contributed by atoms with Crippen LogP contribution in [0.15, 0.2) is 10.6 Å². The minimum absolute atomic E-state index is 0.00246. The van der Waals surface area contributed by atoms with Crippen molar-refractivity contribution in [1.29, 1.82) is 0 Å². The fourth-order valence-corrected chi connectivity index (χ4v) is 5.91. The number of ether oxygens (including phenoxy) is 2. The lowest BCUT2D eigenvalue weighted by Gasteiger charge is -2.19. The Balaban J connectivity index is 2.08. The van der Waals surface area contributed by atoms with Gasteiger partial charge in [0, 0.05) is 31.2 Å². The molecule has 1 aliphatic heterocycles. The number of carbonyl (C=O) groups excluding carboxylic acids is 1. The van der Waals surface area contributed by atoms with Crippen molar-refractivity contribution in [2.24, 2.45) is 0 Å². The molecule has 37 heavy (non-hydrogen) atoms. The quantitative estimate of drug-likeness (QED) is 0.0729. The van der Waals surface area contributed by atoms with E-state index in [9.17, 15) is 14.3 Å². The van der Waals surface area contributed by atoms with E-state index in [1.807, 2.05) is 18.9 Å². The number of phosphoric acid groups is 1. The van der Waals surface area contributed by atoms with E-state index >= 15 is 0 Å². The zero-order valence-corrected chi connectivity index (χ0v) is 25.4. The Hall–Kier alpha value is -0.570. The van der Waals surface area contributed by atoms with Gasteiger partial charge in [-0.3, -0.25) is 13.8 Å². The molecule has 0 aromatic carbocycles. The van der Waals surface area contributed by atoms with Crippen LogP contribution in [0.4, 0.5) is 0 Å². The summed E-state index contributed by atoms with van der Waals surface area (Å²) in [4.78, 5) is 24.4. The Labute approximate surface area is 229 Å². The van der Waals surface area contributed by atoms with Crippen LogP contribution >= 0.6 is 19.6 Å². The summed E-state index contributed by atoms with van der Waals surface area (Å²) in [6.07, 6.45) is 17.4. The summed E-state index contributed by atoms with van der Waals surface area (Å²) in [7, 11) is -2.33. The molecule has 0 saturated heterocycles. The Morgan fingerprint density at radius 2 is 1.49 bits per heavy atom. The van der Waals surface area contributed by atoms with E-state index in [2.05, 4.69) is 6.92 Å². The number of thioether (sulfide) groups is 1. The number of unbranched alkanes of at least 4 members (excludes halogenated alkanes) is 13. The third kappa shape index (κ3) is 18.4. The number of allylic oxidation sites excluding steroid dienone is 1. The third-order valence-electron chi connectivity index (χ3n) is 6.47. The molecule has 0 saturated carbocycles. The van der Waals surface area contributed by atoms with Gasteiger partial charge in [-0.1, -0.05) is 90.4 Å². The minimum Gasteiger partial charge on any atom is -0.458 e. The van der Waals surface area contributed by atoms with E-state index in [4.69, 9.17) is 18.5 Å². The van der Waals surface area contributed by atoms with Crippen LogP contribution in [0.1, 0.15) is 111 Å². The van der Waals surface area contributed by atoms with Crippen molar-refractivity contribution in [3.63, 3.8) is 0 Å². The van der Waals surface area contributed by atoms with Crippen LogP contribution in [0.5, 0.6) is 0 Å². The van der Waals surface area contributed by atoms with E-state index in [-0.39, 0.29) is 19.8 Å². The van der Waals surface area contributed by atoms with Gasteiger partial charge in [-0.15, -0.1) is 11.8 Å². The zero-order chi connectivity index (χ0) is 27.4. The summed E-state index contributed by atoms with van der Waals surface area (Å²) in [5.74, 6) is 0.292. The van der Waals surface area contributed by atoms with Crippen LogP contribution in [0.3, 0.4) is 0 Å². The molecule has 0 radical (unpaired) electrons. The SMILES string of the molecule is CCCCCCCCCCCCCCCCOCC(COP(=O)(O)OCC1=C(C)N(C)CS1)OC(C)=O. The van der Waals surface area contributed by atoms with E-state index in [1.54, 1.807) is 11.8 Å². The molecule has 0 bridgehead atoms. The molecule has 0 aromatic heterocycles.